The Morgan fingerprint density at radius 3 is 2.65 bits per heavy atom. The molecule has 0 radical (unpaired) electrons. The van der Waals surface area contributed by atoms with Gasteiger partial charge in [-0.1, -0.05) is 24.3 Å². The molecule has 3 rings (SSSR count). The molecule has 1 aromatic rings. The van der Waals surface area contributed by atoms with Gasteiger partial charge in [0.2, 0.25) is 5.91 Å². The van der Waals surface area contributed by atoms with Crippen molar-refractivity contribution >= 4 is 30.7 Å². The molecule has 4 nitrogen and oxygen atoms in total. The summed E-state index contributed by atoms with van der Waals surface area (Å²) < 4.78 is 0. The summed E-state index contributed by atoms with van der Waals surface area (Å²) in [4.78, 5) is 11.8. The van der Waals surface area contributed by atoms with Gasteiger partial charge in [0, 0.05) is 12.6 Å². The van der Waals surface area contributed by atoms with Crippen LogP contribution in [-0.4, -0.2) is 31.6 Å². The van der Waals surface area contributed by atoms with Crippen LogP contribution >= 0.6 is 24.8 Å². The Bertz CT molecular complexity index is 452. The maximum absolute atomic E-state index is 11.8. The van der Waals surface area contributed by atoms with Crippen LogP contribution < -0.4 is 16.0 Å². The van der Waals surface area contributed by atoms with E-state index in [2.05, 4.69) is 40.2 Å². The Morgan fingerprint density at radius 2 is 1.95 bits per heavy atom. The molecule has 0 aromatic heterocycles. The van der Waals surface area contributed by atoms with E-state index in [1.165, 1.54) is 11.1 Å². The van der Waals surface area contributed by atoms with Gasteiger partial charge in [0.25, 0.3) is 0 Å². The summed E-state index contributed by atoms with van der Waals surface area (Å²) in [5.41, 5.74) is 2.72. The van der Waals surface area contributed by atoms with Gasteiger partial charge in [-0.3, -0.25) is 4.79 Å². The first-order chi connectivity index (χ1) is 8.84. The highest BCUT2D eigenvalue weighted by atomic mass is 35.5. The van der Waals surface area contributed by atoms with Crippen molar-refractivity contribution in [3.63, 3.8) is 0 Å². The van der Waals surface area contributed by atoms with Crippen LogP contribution in [-0.2, 0) is 11.2 Å². The smallest absolute Gasteiger partial charge is 0.237 e. The summed E-state index contributed by atoms with van der Waals surface area (Å²) in [5.74, 6) is 0.131. The van der Waals surface area contributed by atoms with Gasteiger partial charge in [0.05, 0.1) is 6.04 Å². The van der Waals surface area contributed by atoms with E-state index in [0.717, 1.165) is 25.9 Å². The second-order valence-corrected chi connectivity index (χ2v) is 5.00. The van der Waals surface area contributed by atoms with E-state index >= 15 is 0 Å². The van der Waals surface area contributed by atoms with Crippen LogP contribution in [0.4, 0.5) is 0 Å². The van der Waals surface area contributed by atoms with Gasteiger partial charge in [-0.05, 0) is 37.1 Å². The fourth-order valence-corrected chi connectivity index (χ4v) is 2.61. The molecule has 1 saturated heterocycles. The fraction of sp³-hybridized carbons (Fsp3) is 0.500. The van der Waals surface area contributed by atoms with Gasteiger partial charge in [-0.2, -0.15) is 0 Å². The van der Waals surface area contributed by atoms with Gasteiger partial charge in [0.1, 0.15) is 0 Å². The molecular weight excluding hydrogens is 297 g/mol. The highest BCUT2D eigenvalue weighted by Gasteiger charge is 2.26. The predicted molar refractivity (Wildman–Crippen MR) is 84.8 cm³/mol. The zero-order valence-corrected chi connectivity index (χ0v) is 12.9. The van der Waals surface area contributed by atoms with E-state index in [9.17, 15) is 4.79 Å². The van der Waals surface area contributed by atoms with Crippen molar-refractivity contribution in [2.45, 2.75) is 24.9 Å². The molecule has 1 unspecified atom stereocenters. The topological polar surface area (TPSA) is 53.2 Å². The summed E-state index contributed by atoms with van der Waals surface area (Å²) >= 11 is 0. The number of nitrogens with one attached hydrogen (secondary N) is 3. The highest BCUT2D eigenvalue weighted by Crippen LogP contribution is 2.21. The Morgan fingerprint density at radius 1 is 1.20 bits per heavy atom. The fourth-order valence-electron chi connectivity index (χ4n) is 2.61. The number of fused-ring (bicyclic) bond motifs is 1. The predicted octanol–water partition coefficient (Wildman–Crippen LogP) is 1.20. The van der Waals surface area contributed by atoms with E-state index in [-0.39, 0.29) is 42.8 Å². The Labute approximate surface area is 131 Å². The SMILES string of the molecule is Cl.Cl.O=C(NCC1NCCc2ccccc21)[C@H]1CCN1. The summed E-state index contributed by atoms with van der Waals surface area (Å²) in [6, 6.07) is 8.76. The number of amides is 1. The first-order valence-electron chi connectivity index (χ1n) is 6.67. The molecule has 0 aliphatic carbocycles. The van der Waals surface area contributed by atoms with E-state index in [0.29, 0.717) is 6.54 Å². The molecule has 1 fully saturated rings. The van der Waals surface area contributed by atoms with Crippen molar-refractivity contribution in [2.75, 3.05) is 19.6 Å². The van der Waals surface area contributed by atoms with Crippen molar-refractivity contribution in [2.24, 2.45) is 0 Å². The van der Waals surface area contributed by atoms with Gasteiger partial charge < -0.3 is 16.0 Å². The standard InChI is InChI=1S/C14H19N3O.2ClH/c18-14(12-6-8-15-12)17-9-13-11-4-2-1-3-10(11)5-7-16-13;;/h1-4,12-13,15-16H,5-9H2,(H,17,18);2*1H/t12-,13?;;/m1../s1. The lowest BCUT2D eigenvalue weighted by Gasteiger charge is -2.30. The first kappa shape index (κ1) is 17.2. The number of carbonyl (C=O) groups excluding carboxylic acids is 1. The quantitative estimate of drug-likeness (QED) is 0.785. The van der Waals surface area contributed by atoms with Crippen LogP contribution in [0, 0.1) is 0 Å². The van der Waals surface area contributed by atoms with Crippen LogP contribution in [0.25, 0.3) is 0 Å². The Kier molecular flexibility index (Phi) is 6.76. The molecule has 3 N–H and O–H groups in total. The zero-order chi connectivity index (χ0) is 12.4. The number of benzene rings is 1. The maximum atomic E-state index is 11.8. The van der Waals surface area contributed by atoms with E-state index in [4.69, 9.17) is 0 Å². The molecule has 0 saturated carbocycles. The van der Waals surface area contributed by atoms with E-state index in [1.807, 2.05) is 0 Å². The summed E-state index contributed by atoms with van der Waals surface area (Å²) in [6.07, 6.45) is 2.03. The minimum atomic E-state index is 0. The largest absolute Gasteiger partial charge is 0.353 e. The number of carbonyl (C=O) groups is 1. The van der Waals surface area contributed by atoms with Crippen molar-refractivity contribution in [1.82, 2.24) is 16.0 Å². The maximum Gasteiger partial charge on any atom is 0.237 e. The molecule has 6 heteroatoms. The lowest BCUT2D eigenvalue weighted by atomic mass is 9.94. The third-order valence-corrected chi connectivity index (χ3v) is 3.84. The van der Waals surface area contributed by atoms with Crippen molar-refractivity contribution in [1.29, 1.82) is 0 Å². The van der Waals surface area contributed by atoms with Crippen LogP contribution in [0.5, 0.6) is 0 Å². The first-order valence-corrected chi connectivity index (χ1v) is 6.67. The molecule has 0 bridgehead atoms. The van der Waals surface area contributed by atoms with E-state index < -0.39 is 0 Å². The second kappa shape index (κ2) is 7.84. The summed E-state index contributed by atoms with van der Waals surface area (Å²) in [7, 11) is 0. The number of rotatable bonds is 3. The monoisotopic (exact) mass is 317 g/mol. The third kappa shape index (κ3) is 3.64. The normalized spacial score (nSPS) is 23.4. The Hall–Kier alpha value is -0.810. The zero-order valence-electron chi connectivity index (χ0n) is 11.2. The molecule has 2 heterocycles. The van der Waals surface area contributed by atoms with E-state index in [1.54, 1.807) is 0 Å². The Balaban J connectivity index is 0.000001000. The van der Waals surface area contributed by atoms with Crippen LogP contribution in [0.15, 0.2) is 24.3 Å². The molecular formula is C14H21Cl2N3O. The molecule has 2 aliphatic heterocycles. The molecule has 20 heavy (non-hydrogen) atoms. The highest BCUT2D eigenvalue weighted by molar-refractivity contribution is 5.85. The van der Waals surface area contributed by atoms with Gasteiger partial charge in [0.15, 0.2) is 0 Å². The number of halogens is 2. The summed E-state index contributed by atoms with van der Waals surface area (Å²) in [6.45, 7) is 2.62. The van der Waals surface area contributed by atoms with Crippen molar-refractivity contribution < 1.29 is 4.79 Å². The lowest BCUT2D eigenvalue weighted by molar-refractivity contribution is -0.124. The molecule has 2 atom stereocenters. The number of hydrogen-bond acceptors (Lipinski definition) is 3. The minimum Gasteiger partial charge on any atom is -0.353 e. The lowest BCUT2D eigenvalue weighted by Crippen LogP contribution is -2.54. The van der Waals surface area contributed by atoms with Gasteiger partial charge in [-0.15, -0.1) is 24.8 Å². The van der Waals surface area contributed by atoms with Crippen LogP contribution in [0.2, 0.25) is 0 Å². The van der Waals surface area contributed by atoms with Gasteiger partial charge in [-0.25, -0.2) is 0 Å². The van der Waals surface area contributed by atoms with Crippen LogP contribution in [0.1, 0.15) is 23.6 Å². The minimum absolute atomic E-state index is 0. The molecule has 1 amide bonds. The van der Waals surface area contributed by atoms with Crippen molar-refractivity contribution in [3.05, 3.63) is 35.4 Å². The average Bonchev–Trinajstić information content (AvgIpc) is 2.34. The molecule has 2 aliphatic rings. The molecule has 1 aromatic carbocycles. The van der Waals surface area contributed by atoms with Gasteiger partial charge >= 0.3 is 0 Å². The molecule has 0 spiro atoms. The molecule has 112 valence electrons. The number of hydrogen-bond donors (Lipinski definition) is 3. The second-order valence-electron chi connectivity index (χ2n) is 5.00. The van der Waals surface area contributed by atoms with Crippen molar-refractivity contribution in [3.8, 4) is 0 Å². The third-order valence-electron chi connectivity index (χ3n) is 3.84. The summed E-state index contributed by atoms with van der Waals surface area (Å²) in [5, 5.41) is 9.62. The average molecular weight is 318 g/mol. The van der Waals surface area contributed by atoms with Crippen LogP contribution in [0.3, 0.4) is 0 Å².